The van der Waals surface area contributed by atoms with Gasteiger partial charge in [-0.1, -0.05) is 24.3 Å². The number of fused-ring (bicyclic) bond motifs is 1. The highest BCUT2D eigenvalue weighted by molar-refractivity contribution is 7.71. The van der Waals surface area contributed by atoms with Crippen LogP contribution in [0.1, 0.15) is 12.5 Å². The van der Waals surface area contributed by atoms with Gasteiger partial charge in [-0.05, 0) is 54.5 Å². The number of nitrogens with one attached hydrogen (secondary N) is 2. The zero-order chi connectivity index (χ0) is 17.6. The molecule has 0 fully saturated rings. The summed E-state index contributed by atoms with van der Waals surface area (Å²) >= 11 is 6.53. The SMILES string of the molecule is CCc1ccc(O)c(-c2n[nH]c(=S)n2-c2ccc3[nH]c(=O)sc3c2)c1. The summed E-state index contributed by atoms with van der Waals surface area (Å²) in [4.78, 5) is 14.2. The lowest BCUT2D eigenvalue weighted by atomic mass is 10.1. The Morgan fingerprint density at radius 3 is 2.92 bits per heavy atom. The molecule has 2 heterocycles. The van der Waals surface area contributed by atoms with E-state index in [1.807, 2.05) is 30.3 Å². The molecule has 126 valence electrons. The van der Waals surface area contributed by atoms with E-state index in [1.165, 1.54) is 0 Å². The molecule has 0 saturated heterocycles. The summed E-state index contributed by atoms with van der Waals surface area (Å²) in [5.41, 5.74) is 3.26. The van der Waals surface area contributed by atoms with Gasteiger partial charge in [0.1, 0.15) is 5.75 Å². The monoisotopic (exact) mass is 370 g/mol. The first-order valence-corrected chi connectivity index (χ1v) is 8.92. The van der Waals surface area contributed by atoms with Gasteiger partial charge in [0.2, 0.25) is 0 Å². The molecule has 0 bridgehead atoms. The average molecular weight is 370 g/mol. The Hall–Kier alpha value is -2.71. The molecule has 8 heteroatoms. The first-order valence-electron chi connectivity index (χ1n) is 7.69. The van der Waals surface area contributed by atoms with Gasteiger partial charge in [-0.3, -0.25) is 14.5 Å². The van der Waals surface area contributed by atoms with Crippen LogP contribution in [0.2, 0.25) is 0 Å². The van der Waals surface area contributed by atoms with E-state index in [4.69, 9.17) is 12.2 Å². The maximum Gasteiger partial charge on any atom is 0.305 e. The van der Waals surface area contributed by atoms with E-state index in [-0.39, 0.29) is 10.6 Å². The molecule has 4 rings (SSSR count). The van der Waals surface area contributed by atoms with Crippen LogP contribution < -0.4 is 4.87 Å². The Kier molecular flexibility index (Phi) is 3.78. The van der Waals surface area contributed by atoms with Crippen molar-refractivity contribution in [3.63, 3.8) is 0 Å². The van der Waals surface area contributed by atoms with Crippen molar-refractivity contribution in [2.75, 3.05) is 0 Å². The number of aromatic hydroxyl groups is 1. The third-order valence-electron chi connectivity index (χ3n) is 4.05. The van der Waals surface area contributed by atoms with Crippen LogP contribution >= 0.6 is 23.6 Å². The van der Waals surface area contributed by atoms with Crippen molar-refractivity contribution in [1.29, 1.82) is 0 Å². The minimum atomic E-state index is -0.101. The predicted molar refractivity (Wildman–Crippen MR) is 101 cm³/mol. The van der Waals surface area contributed by atoms with Gasteiger partial charge < -0.3 is 10.1 Å². The number of nitrogens with zero attached hydrogens (tertiary/aromatic N) is 2. The summed E-state index contributed by atoms with van der Waals surface area (Å²) in [6.45, 7) is 2.05. The smallest absolute Gasteiger partial charge is 0.305 e. The summed E-state index contributed by atoms with van der Waals surface area (Å²) < 4.78 is 3.01. The highest BCUT2D eigenvalue weighted by atomic mass is 32.1. The number of phenols is 1. The number of thiazole rings is 1. The van der Waals surface area contributed by atoms with Crippen LogP contribution in [0.15, 0.2) is 41.2 Å². The lowest BCUT2D eigenvalue weighted by Crippen LogP contribution is -1.98. The van der Waals surface area contributed by atoms with Crippen LogP contribution in [0.5, 0.6) is 5.75 Å². The lowest BCUT2D eigenvalue weighted by Gasteiger charge is -2.09. The van der Waals surface area contributed by atoms with Crippen LogP contribution in [-0.2, 0) is 6.42 Å². The van der Waals surface area contributed by atoms with Crippen LogP contribution in [-0.4, -0.2) is 24.9 Å². The van der Waals surface area contributed by atoms with E-state index in [1.54, 1.807) is 10.6 Å². The van der Waals surface area contributed by atoms with Crippen molar-refractivity contribution < 1.29 is 5.11 Å². The molecule has 0 spiro atoms. The molecule has 4 aromatic rings. The summed E-state index contributed by atoms with van der Waals surface area (Å²) in [5.74, 6) is 0.667. The van der Waals surface area contributed by atoms with Gasteiger partial charge >= 0.3 is 4.87 Å². The van der Waals surface area contributed by atoms with Gasteiger partial charge in [-0.25, -0.2) is 0 Å². The molecule has 0 amide bonds. The quantitative estimate of drug-likeness (QED) is 0.479. The van der Waals surface area contributed by atoms with E-state index >= 15 is 0 Å². The summed E-state index contributed by atoms with van der Waals surface area (Å²) in [5, 5.41) is 17.4. The molecule has 0 radical (unpaired) electrons. The molecule has 2 aromatic heterocycles. The molecular formula is C17H14N4O2S2. The second-order valence-electron chi connectivity index (χ2n) is 5.59. The molecule has 25 heavy (non-hydrogen) atoms. The third kappa shape index (κ3) is 2.69. The minimum Gasteiger partial charge on any atom is -0.507 e. The Bertz CT molecular complexity index is 1200. The summed E-state index contributed by atoms with van der Waals surface area (Å²) in [6, 6.07) is 11.0. The Morgan fingerprint density at radius 2 is 2.12 bits per heavy atom. The van der Waals surface area contributed by atoms with Crippen molar-refractivity contribution in [1.82, 2.24) is 19.7 Å². The Labute approximate surface area is 151 Å². The topological polar surface area (TPSA) is 86.7 Å². The van der Waals surface area contributed by atoms with E-state index in [0.717, 1.165) is 39.2 Å². The van der Waals surface area contributed by atoms with Crippen LogP contribution in [0, 0.1) is 4.77 Å². The van der Waals surface area contributed by atoms with Crippen molar-refractivity contribution in [3.05, 3.63) is 56.4 Å². The largest absolute Gasteiger partial charge is 0.507 e. The van der Waals surface area contributed by atoms with Crippen LogP contribution in [0.4, 0.5) is 0 Å². The van der Waals surface area contributed by atoms with Crippen molar-refractivity contribution in [2.45, 2.75) is 13.3 Å². The molecule has 0 aliphatic heterocycles. The van der Waals surface area contributed by atoms with Crippen LogP contribution in [0.25, 0.3) is 27.3 Å². The highest BCUT2D eigenvalue weighted by Gasteiger charge is 2.15. The first kappa shape index (κ1) is 15.8. The first-order chi connectivity index (χ1) is 12.1. The standard InChI is InChI=1S/C17H14N4O2S2/c1-2-9-3-6-13(22)11(7-9)15-19-20-16(24)21(15)10-4-5-12-14(8-10)25-17(23)18-12/h3-8,22H,2H2,1H3,(H,18,23)(H,20,24). The second kappa shape index (κ2) is 5.98. The number of hydrogen-bond acceptors (Lipinski definition) is 5. The van der Waals surface area contributed by atoms with Gasteiger partial charge in [0.25, 0.3) is 0 Å². The molecule has 6 nitrogen and oxygen atoms in total. The molecule has 0 saturated carbocycles. The lowest BCUT2D eigenvalue weighted by molar-refractivity contribution is 0.476. The molecule has 0 aliphatic rings. The number of aromatic amines is 2. The fourth-order valence-corrected chi connectivity index (χ4v) is 3.78. The number of hydrogen-bond donors (Lipinski definition) is 3. The van der Waals surface area contributed by atoms with Gasteiger partial charge in [-0.15, -0.1) is 0 Å². The Morgan fingerprint density at radius 1 is 1.28 bits per heavy atom. The molecule has 0 unspecified atom stereocenters. The predicted octanol–water partition coefficient (Wildman–Crippen LogP) is 3.77. The minimum absolute atomic E-state index is 0.101. The summed E-state index contributed by atoms with van der Waals surface area (Å²) in [6.07, 6.45) is 0.849. The fraction of sp³-hybridized carbons (Fsp3) is 0.118. The molecule has 0 aliphatic carbocycles. The van der Waals surface area contributed by atoms with Gasteiger partial charge in [-0.2, -0.15) is 5.10 Å². The number of aromatic nitrogens is 4. The number of H-pyrrole nitrogens is 2. The van der Waals surface area contributed by atoms with E-state index in [2.05, 4.69) is 22.1 Å². The number of aryl methyl sites for hydroxylation is 1. The van der Waals surface area contributed by atoms with E-state index in [0.29, 0.717) is 16.2 Å². The molecule has 3 N–H and O–H groups in total. The van der Waals surface area contributed by atoms with Crippen molar-refractivity contribution >= 4 is 33.8 Å². The van der Waals surface area contributed by atoms with E-state index in [9.17, 15) is 9.90 Å². The Balaban J connectivity index is 1.95. The average Bonchev–Trinajstić information content (AvgIpc) is 3.16. The molecular weight excluding hydrogens is 356 g/mol. The number of rotatable bonds is 3. The summed E-state index contributed by atoms with van der Waals surface area (Å²) in [7, 11) is 0. The van der Waals surface area contributed by atoms with Gasteiger partial charge in [0, 0.05) is 0 Å². The fourth-order valence-electron chi connectivity index (χ4n) is 2.77. The van der Waals surface area contributed by atoms with Gasteiger partial charge in [0.05, 0.1) is 21.5 Å². The zero-order valence-electron chi connectivity index (χ0n) is 13.2. The van der Waals surface area contributed by atoms with E-state index < -0.39 is 0 Å². The highest BCUT2D eigenvalue weighted by Crippen LogP contribution is 2.31. The zero-order valence-corrected chi connectivity index (χ0v) is 14.9. The maximum absolute atomic E-state index is 11.5. The van der Waals surface area contributed by atoms with Crippen molar-refractivity contribution in [3.8, 4) is 22.8 Å². The number of phenolic OH excluding ortho intramolecular Hbond substituents is 1. The second-order valence-corrected chi connectivity index (χ2v) is 6.99. The third-order valence-corrected chi connectivity index (χ3v) is 5.16. The normalized spacial score (nSPS) is 11.2. The maximum atomic E-state index is 11.5. The molecule has 2 aromatic carbocycles. The van der Waals surface area contributed by atoms with Crippen molar-refractivity contribution in [2.24, 2.45) is 0 Å². The van der Waals surface area contributed by atoms with Crippen LogP contribution in [0.3, 0.4) is 0 Å². The van der Waals surface area contributed by atoms with Gasteiger partial charge in [0.15, 0.2) is 10.6 Å². The molecule has 0 atom stereocenters. The number of benzene rings is 2.